The number of fused-ring (bicyclic) bond motifs is 2. The van der Waals surface area contributed by atoms with Crippen LogP contribution < -0.4 is 10.7 Å². The zero-order valence-corrected chi connectivity index (χ0v) is 16.8. The molecule has 2 saturated heterocycles. The number of nitrogens with one attached hydrogen (secondary N) is 1. The molecule has 2 aliphatic rings. The Morgan fingerprint density at radius 2 is 1.54 bits per heavy atom. The Kier molecular flexibility index (Phi) is 5.06. The molecule has 1 aromatic heterocycles. The van der Waals surface area contributed by atoms with Gasteiger partial charge >= 0.3 is 0 Å². The lowest BCUT2D eigenvalue weighted by Crippen LogP contribution is -2.25. The van der Waals surface area contributed by atoms with Gasteiger partial charge in [-0.2, -0.15) is 0 Å². The molecule has 6 heteroatoms. The fourth-order valence-corrected chi connectivity index (χ4v) is 4.91. The molecular formula is C22H25N5S. The van der Waals surface area contributed by atoms with Crippen LogP contribution in [0.25, 0.3) is 21.8 Å². The number of amidine groups is 1. The maximum atomic E-state index is 4.70. The van der Waals surface area contributed by atoms with Gasteiger partial charge in [0, 0.05) is 36.2 Å². The van der Waals surface area contributed by atoms with Crippen molar-refractivity contribution < 1.29 is 0 Å². The summed E-state index contributed by atoms with van der Waals surface area (Å²) in [6, 6.07) is 17.2. The van der Waals surface area contributed by atoms with E-state index in [9.17, 15) is 0 Å². The van der Waals surface area contributed by atoms with Crippen LogP contribution in [-0.4, -0.2) is 46.6 Å². The van der Waals surface area contributed by atoms with Crippen LogP contribution >= 0.6 is 11.8 Å². The van der Waals surface area contributed by atoms with Crippen LogP contribution in [0.2, 0.25) is 0 Å². The van der Waals surface area contributed by atoms with Crippen molar-refractivity contribution in [1.82, 2.24) is 14.8 Å². The van der Waals surface area contributed by atoms with Crippen molar-refractivity contribution in [3.05, 3.63) is 53.9 Å². The Labute approximate surface area is 169 Å². The summed E-state index contributed by atoms with van der Waals surface area (Å²) >= 11 is 1.73. The Bertz CT molecular complexity index is 1030. The molecule has 0 radical (unpaired) electrons. The molecule has 1 N–H and O–H groups in total. The molecule has 0 amide bonds. The first-order valence-electron chi connectivity index (χ1n) is 10.1. The quantitative estimate of drug-likeness (QED) is 0.548. The summed E-state index contributed by atoms with van der Waals surface area (Å²) in [4.78, 5) is 2.57. The van der Waals surface area contributed by atoms with E-state index < -0.39 is 0 Å². The molecule has 3 heterocycles. The van der Waals surface area contributed by atoms with Gasteiger partial charge in [-0.25, -0.2) is 0 Å². The van der Waals surface area contributed by atoms with Gasteiger partial charge in [0.2, 0.25) is 0 Å². The molecule has 0 unspecified atom stereocenters. The standard InChI is InChI=1S/C22H25N5S/c1-3-9-19-17(7-1)21(24-25-22-23-11-16-28-22)18-8-2-4-10-20(18)27(19)15-14-26-12-5-6-13-26/h1-4,7-10H,5-6,11-16H2,(H,23,25). The minimum Gasteiger partial charge on any atom is -0.362 e. The molecule has 0 aliphatic carbocycles. The summed E-state index contributed by atoms with van der Waals surface area (Å²) in [5.74, 6) is 1.06. The Morgan fingerprint density at radius 3 is 2.18 bits per heavy atom. The maximum absolute atomic E-state index is 4.70. The largest absolute Gasteiger partial charge is 0.362 e. The molecule has 28 heavy (non-hydrogen) atoms. The second kappa shape index (κ2) is 7.97. The molecular weight excluding hydrogens is 366 g/mol. The number of likely N-dealkylation sites (tertiary alicyclic amines) is 1. The first kappa shape index (κ1) is 17.8. The lowest BCUT2D eigenvalue weighted by atomic mass is 10.1. The number of aromatic nitrogens is 1. The number of nitrogens with zero attached hydrogens (tertiary/aromatic N) is 4. The summed E-state index contributed by atoms with van der Waals surface area (Å²) in [5, 5.41) is 16.7. The fraction of sp³-hybridized carbons (Fsp3) is 0.364. The summed E-state index contributed by atoms with van der Waals surface area (Å²) in [6.45, 7) is 5.51. The highest BCUT2D eigenvalue weighted by atomic mass is 32.2. The van der Waals surface area contributed by atoms with Crippen LogP contribution in [0.3, 0.4) is 0 Å². The van der Waals surface area contributed by atoms with Gasteiger partial charge in [-0.15, -0.1) is 10.2 Å². The van der Waals surface area contributed by atoms with Crippen LogP contribution in [0.4, 0.5) is 0 Å². The van der Waals surface area contributed by atoms with Crippen molar-refractivity contribution in [3.8, 4) is 0 Å². The molecule has 0 atom stereocenters. The third-order valence-corrected chi connectivity index (χ3v) is 6.50. The number of benzene rings is 2. The van der Waals surface area contributed by atoms with Crippen LogP contribution in [0.1, 0.15) is 12.8 Å². The van der Waals surface area contributed by atoms with Gasteiger partial charge in [-0.05, 0) is 38.1 Å². The van der Waals surface area contributed by atoms with Crippen LogP contribution in [0.15, 0.2) is 58.7 Å². The molecule has 5 nitrogen and oxygen atoms in total. The van der Waals surface area contributed by atoms with Gasteiger partial charge in [0.1, 0.15) is 5.36 Å². The molecule has 5 rings (SSSR count). The van der Waals surface area contributed by atoms with E-state index in [1.54, 1.807) is 11.8 Å². The first-order chi connectivity index (χ1) is 13.9. The van der Waals surface area contributed by atoms with E-state index in [1.165, 1.54) is 37.0 Å². The molecule has 0 bridgehead atoms. The Balaban J connectivity index is 1.68. The van der Waals surface area contributed by atoms with Gasteiger partial charge in [-0.1, -0.05) is 48.2 Å². The highest BCUT2D eigenvalue weighted by Gasteiger charge is 2.14. The van der Waals surface area contributed by atoms with Crippen molar-refractivity contribution in [2.75, 3.05) is 31.9 Å². The summed E-state index contributed by atoms with van der Waals surface area (Å²) in [6.07, 6.45) is 2.66. The molecule has 2 aliphatic heterocycles. The zero-order chi connectivity index (χ0) is 18.8. The van der Waals surface area contributed by atoms with Crippen LogP contribution in [0, 0.1) is 0 Å². The van der Waals surface area contributed by atoms with E-state index in [1.807, 2.05) is 0 Å². The van der Waals surface area contributed by atoms with Gasteiger partial charge in [-0.3, -0.25) is 0 Å². The zero-order valence-electron chi connectivity index (χ0n) is 16.0. The smallest absolute Gasteiger partial charge is 0.183 e. The normalized spacial score (nSPS) is 18.9. The van der Waals surface area contributed by atoms with Gasteiger partial charge in [0.05, 0.1) is 11.0 Å². The van der Waals surface area contributed by atoms with E-state index in [0.29, 0.717) is 0 Å². The minimum absolute atomic E-state index is 0.916. The van der Waals surface area contributed by atoms with E-state index in [-0.39, 0.29) is 0 Å². The highest BCUT2D eigenvalue weighted by molar-refractivity contribution is 8.14. The number of pyridine rings is 1. The van der Waals surface area contributed by atoms with Crippen molar-refractivity contribution in [2.45, 2.75) is 19.4 Å². The maximum Gasteiger partial charge on any atom is 0.183 e. The number of thioether (sulfide) groups is 1. The van der Waals surface area contributed by atoms with Crippen molar-refractivity contribution in [1.29, 1.82) is 0 Å². The number of hydrogen-bond acceptors (Lipinski definition) is 4. The Hall–Kier alpha value is -2.31. The molecule has 0 saturated carbocycles. The van der Waals surface area contributed by atoms with E-state index in [4.69, 9.17) is 5.10 Å². The number of hydrogen-bond donors (Lipinski definition) is 1. The monoisotopic (exact) mass is 391 g/mol. The second-order valence-corrected chi connectivity index (χ2v) is 8.45. The van der Waals surface area contributed by atoms with Crippen molar-refractivity contribution >= 4 is 38.7 Å². The Morgan fingerprint density at radius 1 is 0.857 bits per heavy atom. The van der Waals surface area contributed by atoms with Gasteiger partial charge in [0.15, 0.2) is 5.17 Å². The molecule has 2 aromatic carbocycles. The summed E-state index contributed by atoms with van der Waals surface area (Å²) in [5.41, 5.74) is 2.46. The second-order valence-electron chi connectivity index (χ2n) is 7.36. The van der Waals surface area contributed by atoms with Crippen LogP contribution in [0.5, 0.6) is 0 Å². The average molecular weight is 392 g/mol. The topological polar surface area (TPSA) is 44.9 Å². The number of rotatable bonds is 4. The lowest BCUT2D eigenvalue weighted by molar-refractivity contribution is 0.326. The third kappa shape index (κ3) is 3.42. The van der Waals surface area contributed by atoms with Crippen LogP contribution in [-0.2, 0) is 6.54 Å². The molecule has 2 fully saturated rings. The van der Waals surface area contributed by atoms with Crippen molar-refractivity contribution in [3.63, 3.8) is 0 Å². The van der Waals surface area contributed by atoms with E-state index in [0.717, 1.165) is 46.7 Å². The van der Waals surface area contributed by atoms with Gasteiger partial charge in [0.25, 0.3) is 0 Å². The van der Waals surface area contributed by atoms with Crippen molar-refractivity contribution in [2.24, 2.45) is 10.2 Å². The molecule has 3 aromatic rings. The summed E-state index contributed by atoms with van der Waals surface area (Å²) in [7, 11) is 0. The third-order valence-electron chi connectivity index (χ3n) is 5.60. The molecule has 144 valence electrons. The summed E-state index contributed by atoms with van der Waals surface area (Å²) < 4.78 is 2.46. The SMILES string of the molecule is c1ccc2c(c1)c(=NN=C1NCCS1)c1ccccc1n2CCN1CCCC1. The first-order valence-corrected chi connectivity index (χ1v) is 11.1. The number of para-hydroxylation sites is 2. The molecule has 0 spiro atoms. The van der Waals surface area contributed by atoms with E-state index >= 15 is 0 Å². The highest BCUT2D eigenvalue weighted by Crippen LogP contribution is 2.20. The fourth-order valence-electron chi connectivity index (χ4n) is 4.21. The van der Waals surface area contributed by atoms with E-state index in [2.05, 4.69) is 68.4 Å². The average Bonchev–Trinajstić information content (AvgIpc) is 3.44. The van der Waals surface area contributed by atoms with Gasteiger partial charge < -0.3 is 14.8 Å². The minimum atomic E-state index is 0.916. The lowest BCUT2D eigenvalue weighted by Gasteiger charge is -2.20. The predicted octanol–water partition coefficient (Wildman–Crippen LogP) is 3.40. The predicted molar refractivity (Wildman–Crippen MR) is 119 cm³/mol.